The van der Waals surface area contributed by atoms with Gasteiger partial charge in [-0.1, -0.05) is 36.7 Å². The van der Waals surface area contributed by atoms with Crippen LogP contribution in [0, 0.1) is 0 Å². The van der Waals surface area contributed by atoms with Crippen LogP contribution in [-0.4, -0.2) is 25.2 Å². The van der Waals surface area contributed by atoms with Crippen molar-refractivity contribution < 1.29 is 0 Å². The lowest BCUT2D eigenvalue weighted by Gasteiger charge is -2.04. The molecule has 0 aliphatic carbocycles. The fraction of sp³-hybridized carbons (Fsp3) is 0.455. The van der Waals surface area contributed by atoms with Crippen LogP contribution in [-0.2, 0) is 12.3 Å². The molecular weight excluding hydrogens is 270 g/mol. The summed E-state index contributed by atoms with van der Waals surface area (Å²) in [5.41, 5.74) is 0. The summed E-state index contributed by atoms with van der Waals surface area (Å²) in [6, 6.07) is 3.65. The highest BCUT2D eigenvalue weighted by Gasteiger charge is 2.08. The second-order valence-corrected chi connectivity index (χ2v) is 5.12. The largest absolute Gasteiger partial charge is 0.248 e. The van der Waals surface area contributed by atoms with E-state index in [0.29, 0.717) is 10.8 Å². The number of aryl methyl sites for hydroxylation is 1. The lowest BCUT2D eigenvalue weighted by Crippen LogP contribution is -2.05. The molecule has 0 atom stereocenters. The maximum atomic E-state index is 6.05. The molecule has 0 bridgehead atoms. The molecule has 0 aliphatic heterocycles. The highest BCUT2D eigenvalue weighted by atomic mass is 35.5. The van der Waals surface area contributed by atoms with E-state index >= 15 is 0 Å². The van der Waals surface area contributed by atoms with Crippen molar-refractivity contribution in [2.24, 2.45) is 0 Å². The van der Waals surface area contributed by atoms with E-state index in [9.17, 15) is 0 Å². The van der Waals surface area contributed by atoms with Crippen molar-refractivity contribution >= 4 is 23.4 Å². The first kappa shape index (κ1) is 13.3. The zero-order valence-electron chi connectivity index (χ0n) is 10.1. The molecule has 5 nitrogen and oxygen atoms in total. The van der Waals surface area contributed by atoms with Crippen LogP contribution < -0.4 is 0 Å². The van der Waals surface area contributed by atoms with Gasteiger partial charge in [-0.05, 0) is 29.0 Å². The smallest absolute Gasteiger partial charge is 0.161 e. The number of aromatic nitrogens is 5. The Hall–Kier alpha value is -1.14. The Morgan fingerprint density at radius 2 is 2.33 bits per heavy atom. The topological polar surface area (TPSA) is 56.5 Å². The van der Waals surface area contributed by atoms with Gasteiger partial charge >= 0.3 is 0 Å². The van der Waals surface area contributed by atoms with Gasteiger partial charge in [0.05, 0.1) is 10.8 Å². The van der Waals surface area contributed by atoms with E-state index < -0.39 is 0 Å². The Morgan fingerprint density at radius 3 is 3.11 bits per heavy atom. The molecule has 2 aromatic heterocycles. The van der Waals surface area contributed by atoms with E-state index in [-0.39, 0.29) is 0 Å². The molecule has 0 radical (unpaired) electrons. The predicted octanol–water partition coefficient (Wildman–Crippen LogP) is 2.81. The van der Waals surface area contributed by atoms with Gasteiger partial charge in [0.15, 0.2) is 5.82 Å². The first-order chi connectivity index (χ1) is 8.81. The van der Waals surface area contributed by atoms with Crippen molar-refractivity contribution in [3.63, 3.8) is 0 Å². The molecule has 2 heterocycles. The van der Waals surface area contributed by atoms with E-state index in [1.54, 1.807) is 18.0 Å². The number of hydrogen-bond donors (Lipinski definition) is 0. The van der Waals surface area contributed by atoms with Gasteiger partial charge in [-0.3, -0.25) is 0 Å². The molecule has 0 fully saturated rings. The summed E-state index contributed by atoms with van der Waals surface area (Å²) < 4.78 is 1.84. The van der Waals surface area contributed by atoms with Crippen LogP contribution in [0.5, 0.6) is 0 Å². The third-order valence-corrected chi connectivity index (χ3v) is 3.81. The standard InChI is InChI=1S/C11H14ClN5S/c1-2-3-7-17-10(14-15-16-17)8-18-11-9(12)5-4-6-13-11/h4-6H,2-3,7-8H2,1H3. The molecule has 0 saturated heterocycles. The number of halogens is 1. The molecule has 0 aromatic carbocycles. The van der Waals surface area contributed by atoms with Crippen LogP contribution in [0.25, 0.3) is 0 Å². The van der Waals surface area contributed by atoms with Gasteiger partial charge in [0, 0.05) is 12.7 Å². The summed E-state index contributed by atoms with van der Waals surface area (Å²) in [7, 11) is 0. The summed E-state index contributed by atoms with van der Waals surface area (Å²) in [5.74, 6) is 1.53. The predicted molar refractivity (Wildman–Crippen MR) is 71.5 cm³/mol. The molecule has 96 valence electrons. The van der Waals surface area contributed by atoms with Crippen molar-refractivity contribution in [1.82, 2.24) is 25.2 Å². The Labute approximate surface area is 115 Å². The van der Waals surface area contributed by atoms with Crippen LogP contribution in [0.1, 0.15) is 25.6 Å². The highest BCUT2D eigenvalue weighted by Crippen LogP contribution is 2.26. The van der Waals surface area contributed by atoms with Crippen LogP contribution in [0.4, 0.5) is 0 Å². The first-order valence-electron chi connectivity index (χ1n) is 5.79. The van der Waals surface area contributed by atoms with E-state index in [4.69, 9.17) is 11.6 Å². The number of rotatable bonds is 6. The quantitative estimate of drug-likeness (QED) is 0.763. The average molecular weight is 284 g/mol. The highest BCUT2D eigenvalue weighted by molar-refractivity contribution is 7.98. The third-order valence-electron chi connectivity index (χ3n) is 2.39. The molecule has 7 heteroatoms. The second-order valence-electron chi connectivity index (χ2n) is 3.75. The van der Waals surface area contributed by atoms with Gasteiger partial charge in [-0.15, -0.1) is 5.10 Å². The lowest BCUT2D eigenvalue weighted by atomic mass is 10.3. The van der Waals surface area contributed by atoms with Crippen molar-refractivity contribution in [3.8, 4) is 0 Å². The van der Waals surface area contributed by atoms with E-state index in [2.05, 4.69) is 27.4 Å². The molecule has 18 heavy (non-hydrogen) atoms. The van der Waals surface area contributed by atoms with Gasteiger partial charge in [0.1, 0.15) is 5.03 Å². The number of hydrogen-bond acceptors (Lipinski definition) is 5. The Balaban J connectivity index is 1.98. The summed E-state index contributed by atoms with van der Waals surface area (Å²) in [6.45, 7) is 3.00. The van der Waals surface area contributed by atoms with Crippen LogP contribution in [0.2, 0.25) is 5.02 Å². The van der Waals surface area contributed by atoms with Crippen molar-refractivity contribution in [1.29, 1.82) is 0 Å². The maximum absolute atomic E-state index is 6.05. The second kappa shape index (κ2) is 6.70. The maximum Gasteiger partial charge on any atom is 0.161 e. The molecule has 0 unspecified atom stereocenters. The van der Waals surface area contributed by atoms with Gasteiger partial charge in [0.2, 0.25) is 0 Å². The van der Waals surface area contributed by atoms with Crippen LogP contribution in [0.3, 0.4) is 0 Å². The Kier molecular flexibility index (Phi) is 4.95. The molecular formula is C11H14ClN5S. The molecule has 0 amide bonds. The minimum atomic E-state index is 0.662. The number of pyridine rings is 1. The third kappa shape index (κ3) is 3.43. The van der Waals surface area contributed by atoms with E-state index in [1.807, 2.05) is 16.8 Å². The zero-order valence-corrected chi connectivity index (χ0v) is 11.7. The van der Waals surface area contributed by atoms with Crippen molar-refractivity contribution in [2.75, 3.05) is 0 Å². The fourth-order valence-corrected chi connectivity index (χ4v) is 2.52. The summed E-state index contributed by atoms with van der Waals surface area (Å²) >= 11 is 7.59. The zero-order chi connectivity index (χ0) is 12.8. The normalized spacial score (nSPS) is 10.8. The van der Waals surface area contributed by atoms with Crippen molar-refractivity contribution in [3.05, 3.63) is 29.2 Å². The first-order valence-corrected chi connectivity index (χ1v) is 7.16. The summed E-state index contributed by atoms with van der Waals surface area (Å²) in [4.78, 5) is 4.22. The Morgan fingerprint density at radius 1 is 1.44 bits per heavy atom. The van der Waals surface area contributed by atoms with Gasteiger partial charge in [-0.25, -0.2) is 9.67 Å². The van der Waals surface area contributed by atoms with Crippen molar-refractivity contribution in [2.45, 2.75) is 37.1 Å². The molecule has 0 spiro atoms. The van der Waals surface area contributed by atoms with E-state index in [0.717, 1.165) is 30.2 Å². The molecule has 2 rings (SSSR count). The summed E-state index contributed by atoms with van der Waals surface area (Å²) in [6.07, 6.45) is 3.93. The number of unbranched alkanes of at least 4 members (excludes halogenated alkanes) is 1. The van der Waals surface area contributed by atoms with Crippen LogP contribution >= 0.6 is 23.4 Å². The fourth-order valence-electron chi connectivity index (χ4n) is 1.42. The number of tetrazole rings is 1. The van der Waals surface area contributed by atoms with Gasteiger partial charge in [0.25, 0.3) is 0 Å². The molecule has 0 N–H and O–H groups in total. The van der Waals surface area contributed by atoms with Gasteiger partial charge in [-0.2, -0.15) is 0 Å². The monoisotopic (exact) mass is 283 g/mol. The number of nitrogens with zero attached hydrogens (tertiary/aromatic N) is 5. The lowest BCUT2D eigenvalue weighted by molar-refractivity contribution is 0.540. The minimum absolute atomic E-state index is 0.662. The SMILES string of the molecule is CCCCn1nnnc1CSc1ncccc1Cl. The molecule has 0 saturated carbocycles. The minimum Gasteiger partial charge on any atom is -0.248 e. The molecule has 0 aliphatic rings. The average Bonchev–Trinajstić information content (AvgIpc) is 2.83. The van der Waals surface area contributed by atoms with Gasteiger partial charge < -0.3 is 0 Å². The Bertz CT molecular complexity index is 502. The van der Waals surface area contributed by atoms with E-state index in [1.165, 1.54) is 0 Å². The number of thioether (sulfide) groups is 1. The molecule has 2 aromatic rings. The summed E-state index contributed by atoms with van der Waals surface area (Å²) in [5, 5.41) is 13.2. The van der Waals surface area contributed by atoms with Crippen LogP contribution in [0.15, 0.2) is 23.4 Å².